The summed E-state index contributed by atoms with van der Waals surface area (Å²) in [6, 6.07) is 9.92. The van der Waals surface area contributed by atoms with Crippen molar-refractivity contribution in [1.29, 1.82) is 0 Å². The van der Waals surface area contributed by atoms with Crippen LogP contribution in [0.25, 0.3) is 0 Å². The second kappa shape index (κ2) is 9.87. The zero-order chi connectivity index (χ0) is 26.3. The van der Waals surface area contributed by atoms with Crippen LogP contribution in [0, 0.1) is 11.8 Å². The van der Waals surface area contributed by atoms with E-state index in [1.807, 2.05) is 18.2 Å². The Bertz CT molecular complexity index is 1240. The highest BCUT2D eigenvalue weighted by atomic mass is 16.5. The van der Waals surface area contributed by atoms with Crippen LogP contribution in [0.5, 0.6) is 5.75 Å². The van der Waals surface area contributed by atoms with Crippen LogP contribution in [0.2, 0.25) is 0 Å². The van der Waals surface area contributed by atoms with Crippen LogP contribution in [-0.4, -0.2) is 58.5 Å². The maximum absolute atomic E-state index is 14.0. The zero-order valence-corrected chi connectivity index (χ0v) is 21.3. The Kier molecular flexibility index (Phi) is 6.39. The number of hydrogen-bond donors (Lipinski definition) is 2. The number of methoxy groups -OCH3 is 1. The standard InChI is InChI=1S/C29H32N4O5/c1-37-21-11-9-20(10-12-21)31-26(34)23-22-13-14-29(38-22)24(23)28(36)33(17-18-6-5-15-30-16-18)25(29)27(35)32-19-7-3-2-4-8-19/h5-6,9-16,19,22-25H,2-4,7-8,17H2,1H3,(H,31,34)(H,32,35)/t22-,23+,24-,25+,29-/m1/s1. The molecule has 2 N–H and O–H groups in total. The Labute approximate surface area is 221 Å². The smallest absolute Gasteiger partial charge is 0.246 e. The fraction of sp³-hybridized carbons (Fsp3) is 0.448. The van der Waals surface area contributed by atoms with Gasteiger partial charge in [0.25, 0.3) is 0 Å². The fourth-order valence-corrected chi connectivity index (χ4v) is 6.55. The van der Waals surface area contributed by atoms with Gasteiger partial charge in [-0.3, -0.25) is 19.4 Å². The van der Waals surface area contributed by atoms with E-state index in [4.69, 9.17) is 9.47 Å². The molecule has 1 aliphatic carbocycles. The molecule has 1 aromatic heterocycles. The molecule has 38 heavy (non-hydrogen) atoms. The molecule has 3 amide bonds. The number of aromatic nitrogens is 1. The molecule has 1 aromatic carbocycles. The molecule has 6 rings (SSSR count). The maximum atomic E-state index is 14.0. The minimum absolute atomic E-state index is 0.0822. The van der Waals surface area contributed by atoms with Crippen molar-refractivity contribution in [2.45, 2.75) is 62.4 Å². The van der Waals surface area contributed by atoms with Gasteiger partial charge in [-0.15, -0.1) is 0 Å². The molecule has 4 aliphatic rings. The molecule has 0 unspecified atom stereocenters. The molecule has 3 fully saturated rings. The summed E-state index contributed by atoms with van der Waals surface area (Å²) in [7, 11) is 1.58. The average Bonchev–Trinajstić information content (AvgIpc) is 3.58. The highest BCUT2D eigenvalue weighted by Crippen LogP contribution is 2.55. The quantitative estimate of drug-likeness (QED) is 0.548. The number of ether oxygens (including phenoxy) is 2. The van der Waals surface area contributed by atoms with E-state index in [9.17, 15) is 14.4 Å². The van der Waals surface area contributed by atoms with Crippen LogP contribution in [-0.2, 0) is 25.7 Å². The Morgan fingerprint density at radius 2 is 1.92 bits per heavy atom. The largest absolute Gasteiger partial charge is 0.497 e. The summed E-state index contributed by atoms with van der Waals surface area (Å²) in [5.74, 6) is -1.65. The SMILES string of the molecule is COc1ccc(NC(=O)[C@H]2[C@H]3C=C[C@]4(O3)[C@H](C(=O)NC3CCCCC3)N(Cc3cccnc3)C(=O)[C@@H]24)cc1. The third-order valence-corrected chi connectivity index (χ3v) is 8.31. The number of pyridine rings is 1. The van der Waals surface area contributed by atoms with Crippen molar-refractivity contribution in [1.82, 2.24) is 15.2 Å². The summed E-state index contributed by atoms with van der Waals surface area (Å²) in [4.78, 5) is 47.2. The van der Waals surface area contributed by atoms with E-state index in [0.29, 0.717) is 11.4 Å². The molecule has 1 spiro atoms. The van der Waals surface area contributed by atoms with Gasteiger partial charge in [0.15, 0.2) is 0 Å². The van der Waals surface area contributed by atoms with Crippen LogP contribution < -0.4 is 15.4 Å². The summed E-state index contributed by atoms with van der Waals surface area (Å²) in [6.45, 7) is 0.211. The summed E-state index contributed by atoms with van der Waals surface area (Å²) in [5, 5.41) is 6.14. The number of rotatable bonds is 7. The lowest BCUT2D eigenvalue weighted by Crippen LogP contribution is -2.56. The predicted molar refractivity (Wildman–Crippen MR) is 139 cm³/mol. The molecule has 2 saturated heterocycles. The van der Waals surface area contributed by atoms with E-state index < -0.39 is 29.6 Å². The summed E-state index contributed by atoms with van der Waals surface area (Å²) < 4.78 is 11.6. The average molecular weight is 517 g/mol. The number of anilines is 1. The first-order valence-corrected chi connectivity index (χ1v) is 13.3. The van der Waals surface area contributed by atoms with Crippen molar-refractivity contribution in [3.8, 4) is 5.75 Å². The van der Waals surface area contributed by atoms with Gasteiger partial charge in [0, 0.05) is 30.7 Å². The minimum Gasteiger partial charge on any atom is -0.497 e. The van der Waals surface area contributed by atoms with Crippen molar-refractivity contribution in [2.24, 2.45) is 11.8 Å². The lowest BCUT2D eigenvalue weighted by Gasteiger charge is -2.34. The van der Waals surface area contributed by atoms with Gasteiger partial charge < -0.3 is 25.0 Å². The number of carbonyl (C=O) groups excluding carboxylic acids is 3. The van der Waals surface area contributed by atoms with E-state index >= 15 is 0 Å². The number of benzene rings is 1. The van der Waals surface area contributed by atoms with Gasteiger partial charge in [-0.25, -0.2) is 0 Å². The number of nitrogens with zero attached hydrogens (tertiary/aromatic N) is 2. The fourth-order valence-electron chi connectivity index (χ4n) is 6.55. The maximum Gasteiger partial charge on any atom is 0.246 e. The van der Waals surface area contributed by atoms with E-state index in [1.165, 1.54) is 6.42 Å². The molecule has 5 atom stereocenters. The molecule has 0 radical (unpaired) electrons. The number of fused-ring (bicyclic) bond motifs is 1. The molecule has 4 heterocycles. The monoisotopic (exact) mass is 516 g/mol. The van der Waals surface area contributed by atoms with Gasteiger partial charge in [0.1, 0.15) is 17.4 Å². The first kappa shape index (κ1) is 24.6. The van der Waals surface area contributed by atoms with Crippen LogP contribution in [0.15, 0.2) is 60.9 Å². The van der Waals surface area contributed by atoms with Crippen molar-refractivity contribution in [3.63, 3.8) is 0 Å². The van der Waals surface area contributed by atoms with Crippen LogP contribution >= 0.6 is 0 Å². The third-order valence-electron chi connectivity index (χ3n) is 8.31. The molecule has 3 aliphatic heterocycles. The molecule has 198 valence electrons. The highest BCUT2D eigenvalue weighted by molar-refractivity contribution is 6.02. The normalized spacial score (nSPS) is 29.8. The number of amides is 3. The minimum atomic E-state index is -1.19. The lowest BCUT2D eigenvalue weighted by molar-refractivity contribution is -0.142. The molecule has 2 aromatic rings. The summed E-state index contributed by atoms with van der Waals surface area (Å²) in [6.07, 6.45) is 11.6. The Morgan fingerprint density at radius 3 is 2.63 bits per heavy atom. The molecule has 9 heteroatoms. The second-order valence-electron chi connectivity index (χ2n) is 10.6. The van der Waals surface area contributed by atoms with Crippen molar-refractivity contribution >= 4 is 23.4 Å². The number of hydrogen-bond acceptors (Lipinski definition) is 6. The lowest BCUT2D eigenvalue weighted by atomic mass is 9.74. The number of likely N-dealkylation sites (tertiary alicyclic amines) is 1. The molecular weight excluding hydrogens is 484 g/mol. The first-order valence-electron chi connectivity index (χ1n) is 13.3. The summed E-state index contributed by atoms with van der Waals surface area (Å²) >= 11 is 0. The van der Waals surface area contributed by atoms with Crippen molar-refractivity contribution < 1.29 is 23.9 Å². The Hall–Kier alpha value is -3.72. The predicted octanol–water partition coefficient (Wildman–Crippen LogP) is 2.83. The van der Waals surface area contributed by atoms with Crippen molar-refractivity contribution in [2.75, 3.05) is 12.4 Å². The van der Waals surface area contributed by atoms with Crippen LogP contribution in [0.3, 0.4) is 0 Å². The van der Waals surface area contributed by atoms with Gasteiger partial charge in [0.05, 0.1) is 25.0 Å². The van der Waals surface area contributed by atoms with E-state index in [2.05, 4.69) is 15.6 Å². The Morgan fingerprint density at radius 1 is 1.13 bits per heavy atom. The Balaban J connectivity index is 1.30. The molecule has 1 saturated carbocycles. The van der Waals surface area contributed by atoms with E-state index in [1.54, 1.807) is 54.7 Å². The topological polar surface area (TPSA) is 110 Å². The zero-order valence-electron chi connectivity index (χ0n) is 21.3. The molecule has 9 nitrogen and oxygen atoms in total. The molecule has 2 bridgehead atoms. The highest BCUT2D eigenvalue weighted by Gasteiger charge is 2.72. The van der Waals surface area contributed by atoms with Crippen LogP contribution in [0.4, 0.5) is 5.69 Å². The van der Waals surface area contributed by atoms with E-state index in [0.717, 1.165) is 31.2 Å². The number of nitrogens with one attached hydrogen (secondary N) is 2. The van der Waals surface area contributed by atoms with Crippen LogP contribution in [0.1, 0.15) is 37.7 Å². The first-order chi connectivity index (χ1) is 18.5. The van der Waals surface area contributed by atoms with Crippen molar-refractivity contribution in [3.05, 3.63) is 66.5 Å². The molecular formula is C29H32N4O5. The van der Waals surface area contributed by atoms with Gasteiger partial charge >= 0.3 is 0 Å². The van der Waals surface area contributed by atoms with Gasteiger partial charge in [0.2, 0.25) is 17.7 Å². The van der Waals surface area contributed by atoms with Gasteiger partial charge in [-0.2, -0.15) is 0 Å². The van der Waals surface area contributed by atoms with Gasteiger partial charge in [-0.05, 0) is 48.7 Å². The van der Waals surface area contributed by atoms with Gasteiger partial charge in [-0.1, -0.05) is 37.5 Å². The number of carbonyl (C=O) groups is 3. The third kappa shape index (κ3) is 4.15. The second-order valence-corrected chi connectivity index (χ2v) is 10.6. The summed E-state index contributed by atoms with van der Waals surface area (Å²) in [5.41, 5.74) is 0.219. The van der Waals surface area contributed by atoms with E-state index in [-0.39, 0.29) is 30.3 Å².